The molecule has 71 valence electrons. The normalized spacial score (nSPS) is 10.3. The van der Waals surface area contributed by atoms with E-state index in [-0.39, 0.29) is 0 Å². The molecule has 0 aliphatic carbocycles. The van der Waals surface area contributed by atoms with Gasteiger partial charge in [0.2, 0.25) is 0 Å². The monoisotopic (exact) mass is 205 g/mol. The molecule has 2 rings (SSSR count). The fraction of sp³-hybridized carbons (Fsp3) is 0.182. The molecule has 2 nitrogen and oxygen atoms in total. The molecule has 0 amide bonds. The van der Waals surface area contributed by atoms with Gasteiger partial charge in [0.15, 0.2) is 0 Å². The molecule has 1 aromatic carbocycles. The Balaban J connectivity index is 2.14. The van der Waals surface area contributed by atoms with Gasteiger partial charge in [-0.1, -0.05) is 18.2 Å². The number of fused-ring (bicyclic) bond motifs is 1. The van der Waals surface area contributed by atoms with Crippen LogP contribution in [-0.4, -0.2) is 13.1 Å². The number of thiophene rings is 1. The molecule has 0 N–H and O–H groups in total. The lowest BCUT2D eigenvalue weighted by Crippen LogP contribution is -1.93. The van der Waals surface area contributed by atoms with Crippen molar-refractivity contribution in [2.45, 2.75) is 6.42 Å². The molecule has 14 heavy (non-hydrogen) atoms. The van der Waals surface area contributed by atoms with Gasteiger partial charge in [-0.15, -0.1) is 11.3 Å². The van der Waals surface area contributed by atoms with Crippen molar-refractivity contribution in [2.24, 2.45) is 0 Å². The Hall–Kier alpha value is -1.35. The van der Waals surface area contributed by atoms with Crippen LogP contribution >= 0.6 is 11.3 Å². The summed E-state index contributed by atoms with van der Waals surface area (Å²) in [5.74, 6) is 0. The quantitative estimate of drug-likeness (QED) is 0.717. The second kappa shape index (κ2) is 4.24. The van der Waals surface area contributed by atoms with Crippen LogP contribution in [0.3, 0.4) is 0 Å². The Kier molecular flexibility index (Phi) is 2.79. The van der Waals surface area contributed by atoms with Crippen molar-refractivity contribution in [3.63, 3.8) is 0 Å². The molecular formula is C11H9O2S. The highest BCUT2D eigenvalue weighted by Crippen LogP contribution is 2.25. The largest absolute Gasteiger partial charge is 0.457 e. The molecule has 1 heterocycles. The third-order valence-electron chi connectivity index (χ3n) is 1.99. The molecule has 0 bridgehead atoms. The number of rotatable bonds is 4. The number of hydrogen-bond acceptors (Lipinski definition) is 3. The Bertz CT molecular complexity index is 401. The molecule has 0 saturated carbocycles. The molecule has 1 aromatic heterocycles. The standard InChI is InChI=1S/C11H9O2S/c12-8-13-6-5-10-7-9-3-1-2-4-11(9)14-10/h1-4,7H,5-6H2. The summed E-state index contributed by atoms with van der Waals surface area (Å²) in [6, 6.07) is 10.4. The molecule has 0 unspecified atom stereocenters. The Morgan fingerprint density at radius 3 is 3.00 bits per heavy atom. The summed E-state index contributed by atoms with van der Waals surface area (Å²) in [5, 5.41) is 1.25. The lowest BCUT2D eigenvalue weighted by atomic mass is 10.2. The van der Waals surface area contributed by atoms with E-state index < -0.39 is 0 Å². The highest BCUT2D eigenvalue weighted by molar-refractivity contribution is 7.19. The van der Waals surface area contributed by atoms with Crippen LogP contribution in [-0.2, 0) is 16.0 Å². The first-order valence-electron chi connectivity index (χ1n) is 4.36. The van der Waals surface area contributed by atoms with E-state index in [1.807, 2.05) is 12.1 Å². The lowest BCUT2D eigenvalue weighted by molar-refractivity contribution is 0.282. The molecule has 3 heteroatoms. The minimum absolute atomic E-state index is 0.413. The van der Waals surface area contributed by atoms with E-state index in [4.69, 9.17) is 0 Å². The van der Waals surface area contributed by atoms with E-state index in [9.17, 15) is 4.79 Å². The Morgan fingerprint density at radius 1 is 1.36 bits per heavy atom. The third-order valence-corrected chi connectivity index (χ3v) is 3.16. The number of ether oxygens (including phenoxy) is 1. The highest BCUT2D eigenvalue weighted by Gasteiger charge is 2.00. The van der Waals surface area contributed by atoms with Crippen LogP contribution < -0.4 is 0 Å². The van der Waals surface area contributed by atoms with Crippen LogP contribution in [0.2, 0.25) is 0 Å². The predicted molar refractivity (Wildman–Crippen MR) is 57.2 cm³/mol. The lowest BCUT2D eigenvalue weighted by Gasteiger charge is -1.92. The summed E-state index contributed by atoms with van der Waals surface area (Å²) in [5.41, 5.74) is 0. The zero-order valence-electron chi connectivity index (χ0n) is 7.53. The molecule has 0 saturated heterocycles. The minimum atomic E-state index is 0.413. The van der Waals surface area contributed by atoms with Crippen molar-refractivity contribution < 1.29 is 9.53 Å². The molecule has 2 aromatic rings. The zero-order valence-corrected chi connectivity index (χ0v) is 8.34. The minimum Gasteiger partial charge on any atom is -0.457 e. The number of hydrogen-bond donors (Lipinski definition) is 0. The molecule has 0 spiro atoms. The van der Waals surface area contributed by atoms with E-state index in [2.05, 4.69) is 22.9 Å². The first-order valence-corrected chi connectivity index (χ1v) is 5.18. The summed E-state index contributed by atoms with van der Waals surface area (Å²) in [4.78, 5) is 11.1. The molecule has 0 fully saturated rings. The maximum atomic E-state index is 9.82. The summed E-state index contributed by atoms with van der Waals surface area (Å²) in [6.45, 7) is 1.84. The van der Waals surface area contributed by atoms with Crippen LogP contribution in [0.25, 0.3) is 10.1 Å². The van der Waals surface area contributed by atoms with Crippen LogP contribution in [0.15, 0.2) is 30.3 Å². The van der Waals surface area contributed by atoms with E-state index in [0.717, 1.165) is 6.42 Å². The van der Waals surface area contributed by atoms with E-state index in [1.165, 1.54) is 21.4 Å². The van der Waals surface area contributed by atoms with Crippen molar-refractivity contribution in [1.29, 1.82) is 0 Å². The summed E-state index contributed by atoms with van der Waals surface area (Å²) in [6.07, 6.45) is 0.772. The second-order valence-electron chi connectivity index (χ2n) is 2.93. The second-order valence-corrected chi connectivity index (χ2v) is 4.10. The van der Waals surface area contributed by atoms with E-state index >= 15 is 0 Å². The van der Waals surface area contributed by atoms with Crippen LogP contribution in [0.4, 0.5) is 0 Å². The third kappa shape index (κ3) is 1.93. The SMILES string of the molecule is O=[C]OCCc1cc2ccccc2s1. The van der Waals surface area contributed by atoms with Gasteiger partial charge in [0.25, 0.3) is 0 Å². The molecule has 0 aliphatic rings. The Morgan fingerprint density at radius 2 is 2.21 bits per heavy atom. The molecule has 0 aliphatic heterocycles. The molecule has 1 radical (unpaired) electrons. The topological polar surface area (TPSA) is 26.3 Å². The maximum Gasteiger partial charge on any atom is 0.417 e. The average Bonchev–Trinajstić information content (AvgIpc) is 2.60. The van der Waals surface area contributed by atoms with Crippen molar-refractivity contribution in [1.82, 2.24) is 0 Å². The smallest absolute Gasteiger partial charge is 0.417 e. The first-order chi connectivity index (χ1) is 6.90. The van der Waals surface area contributed by atoms with Crippen LogP contribution in [0, 0.1) is 0 Å². The summed E-state index contributed by atoms with van der Waals surface area (Å²) >= 11 is 1.74. The van der Waals surface area contributed by atoms with E-state index in [0.29, 0.717) is 6.61 Å². The average molecular weight is 205 g/mol. The zero-order chi connectivity index (χ0) is 9.80. The van der Waals surface area contributed by atoms with Crippen molar-refractivity contribution in [3.8, 4) is 0 Å². The van der Waals surface area contributed by atoms with Crippen LogP contribution in [0.5, 0.6) is 0 Å². The van der Waals surface area contributed by atoms with Crippen molar-refractivity contribution >= 4 is 27.9 Å². The van der Waals surface area contributed by atoms with Gasteiger partial charge in [0.05, 0.1) is 6.61 Å². The Labute approximate surface area is 86.1 Å². The predicted octanol–water partition coefficient (Wildman–Crippen LogP) is 2.53. The number of carbonyl (C=O) groups excluding carboxylic acids is 1. The van der Waals surface area contributed by atoms with Gasteiger partial charge in [0.1, 0.15) is 0 Å². The van der Waals surface area contributed by atoms with Gasteiger partial charge >= 0.3 is 6.47 Å². The summed E-state index contributed by atoms with van der Waals surface area (Å²) < 4.78 is 5.81. The summed E-state index contributed by atoms with van der Waals surface area (Å²) in [7, 11) is 0. The maximum absolute atomic E-state index is 9.82. The van der Waals surface area contributed by atoms with Gasteiger partial charge in [-0.3, -0.25) is 0 Å². The first kappa shape index (κ1) is 9.21. The number of benzene rings is 1. The molecular weight excluding hydrogens is 196 g/mol. The van der Waals surface area contributed by atoms with Gasteiger partial charge in [-0.25, -0.2) is 4.79 Å². The fourth-order valence-electron chi connectivity index (χ4n) is 1.35. The van der Waals surface area contributed by atoms with Crippen molar-refractivity contribution in [2.75, 3.05) is 6.61 Å². The van der Waals surface area contributed by atoms with Gasteiger partial charge < -0.3 is 4.74 Å². The highest BCUT2D eigenvalue weighted by atomic mass is 32.1. The van der Waals surface area contributed by atoms with E-state index in [1.54, 1.807) is 11.3 Å². The van der Waals surface area contributed by atoms with Crippen LogP contribution in [0.1, 0.15) is 4.88 Å². The molecule has 0 atom stereocenters. The van der Waals surface area contributed by atoms with Gasteiger partial charge in [-0.05, 0) is 17.5 Å². The van der Waals surface area contributed by atoms with Gasteiger partial charge in [0, 0.05) is 16.0 Å². The van der Waals surface area contributed by atoms with Gasteiger partial charge in [-0.2, -0.15) is 0 Å². The fourth-order valence-corrected chi connectivity index (χ4v) is 2.40. The van der Waals surface area contributed by atoms with Crippen molar-refractivity contribution in [3.05, 3.63) is 35.2 Å².